The molecule has 18 heavy (non-hydrogen) atoms. The lowest BCUT2D eigenvalue weighted by molar-refractivity contribution is -0.142. The molecule has 0 bridgehead atoms. The lowest BCUT2D eigenvalue weighted by Crippen LogP contribution is -2.51. The van der Waals surface area contributed by atoms with Gasteiger partial charge in [-0.15, -0.1) is 0 Å². The molecule has 1 saturated heterocycles. The van der Waals surface area contributed by atoms with Crippen LogP contribution in [0.2, 0.25) is 0 Å². The second-order valence-corrected chi connectivity index (χ2v) is 5.17. The van der Waals surface area contributed by atoms with Gasteiger partial charge in [0.1, 0.15) is 0 Å². The van der Waals surface area contributed by atoms with Crippen LogP contribution in [0.15, 0.2) is 0 Å². The van der Waals surface area contributed by atoms with Crippen LogP contribution >= 0.6 is 0 Å². The molecule has 2 fully saturated rings. The van der Waals surface area contributed by atoms with Gasteiger partial charge in [-0.2, -0.15) is 0 Å². The number of aliphatic hydroxyl groups excluding tert-OH is 1. The second-order valence-electron chi connectivity index (χ2n) is 5.17. The summed E-state index contributed by atoms with van der Waals surface area (Å²) in [6, 6.07) is -0.513. The number of carbonyl (C=O) groups is 2. The average Bonchev–Trinajstić information content (AvgIpc) is 2.77. The number of aliphatic carboxylic acids is 1. The number of carboxylic acids is 1. The number of piperidine rings is 1. The van der Waals surface area contributed by atoms with Crippen molar-refractivity contribution in [3.8, 4) is 0 Å². The van der Waals surface area contributed by atoms with Gasteiger partial charge < -0.3 is 20.4 Å². The quantitative estimate of drug-likeness (QED) is 0.667. The molecular formula is C12H20N2O4. The Morgan fingerprint density at radius 1 is 1.17 bits per heavy atom. The van der Waals surface area contributed by atoms with Crippen LogP contribution in [0.5, 0.6) is 0 Å². The van der Waals surface area contributed by atoms with Crippen molar-refractivity contribution in [2.24, 2.45) is 5.92 Å². The number of carbonyl (C=O) groups excluding carboxylic acids is 1. The fourth-order valence-electron chi connectivity index (χ4n) is 2.82. The third-order valence-corrected chi connectivity index (χ3v) is 3.83. The molecule has 6 heteroatoms. The highest BCUT2D eigenvalue weighted by Crippen LogP contribution is 2.26. The van der Waals surface area contributed by atoms with Crippen molar-refractivity contribution in [1.82, 2.24) is 10.2 Å². The molecule has 1 heterocycles. The molecule has 2 amide bonds. The topological polar surface area (TPSA) is 89.9 Å². The molecule has 0 spiro atoms. The fourth-order valence-corrected chi connectivity index (χ4v) is 2.82. The summed E-state index contributed by atoms with van der Waals surface area (Å²) >= 11 is 0. The van der Waals surface area contributed by atoms with E-state index in [9.17, 15) is 14.7 Å². The summed E-state index contributed by atoms with van der Waals surface area (Å²) in [5.74, 6) is -1.31. The van der Waals surface area contributed by atoms with E-state index in [1.807, 2.05) is 0 Å². The summed E-state index contributed by atoms with van der Waals surface area (Å²) in [6.07, 6.45) is 3.25. The first-order valence-electron chi connectivity index (χ1n) is 6.54. The van der Waals surface area contributed by atoms with E-state index in [1.165, 1.54) is 0 Å². The van der Waals surface area contributed by atoms with Crippen LogP contribution in [0.4, 0.5) is 4.79 Å². The van der Waals surface area contributed by atoms with Gasteiger partial charge in [-0.05, 0) is 25.7 Å². The Morgan fingerprint density at radius 3 is 2.61 bits per heavy atom. The second kappa shape index (κ2) is 5.56. The first-order valence-corrected chi connectivity index (χ1v) is 6.54. The van der Waals surface area contributed by atoms with Gasteiger partial charge >= 0.3 is 12.0 Å². The Kier molecular flexibility index (Phi) is 4.06. The van der Waals surface area contributed by atoms with Crippen molar-refractivity contribution < 1.29 is 19.8 Å². The lowest BCUT2D eigenvalue weighted by atomic mass is 10.0. The molecule has 1 saturated carbocycles. The zero-order valence-corrected chi connectivity index (χ0v) is 10.3. The molecule has 6 nitrogen and oxygen atoms in total. The maximum atomic E-state index is 12.0. The van der Waals surface area contributed by atoms with E-state index in [1.54, 1.807) is 4.90 Å². The number of carboxylic acid groups (broad SMARTS) is 1. The minimum atomic E-state index is -0.837. The summed E-state index contributed by atoms with van der Waals surface area (Å²) in [6.45, 7) is 0.976. The molecule has 2 rings (SSSR count). The van der Waals surface area contributed by atoms with Crippen LogP contribution in [0.3, 0.4) is 0 Å². The van der Waals surface area contributed by atoms with Gasteiger partial charge in [0.15, 0.2) is 0 Å². The number of nitrogens with one attached hydrogen (secondary N) is 1. The predicted molar refractivity (Wildman–Crippen MR) is 64.1 cm³/mol. The van der Waals surface area contributed by atoms with Crippen LogP contribution in [0.25, 0.3) is 0 Å². The van der Waals surface area contributed by atoms with E-state index in [0.717, 1.165) is 25.7 Å². The van der Waals surface area contributed by atoms with Gasteiger partial charge in [-0.1, -0.05) is 6.42 Å². The molecule has 0 aromatic carbocycles. The zero-order valence-electron chi connectivity index (χ0n) is 10.3. The predicted octanol–water partition coefficient (Wildman–Crippen LogP) is 0.406. The number of hydrogen-bond acceptors (Lipinski definition) is 3. The Balaban J connectivity index is 1.88. The van der Waals surface area contributed by atoms with Crippen molar-refractivity contribution in [1.29, 1.82) is 0 Å². The van der Waals surface area contributed by atoms with E-state index in [4.69, 9.17) is 5.11 Å². The molecule has 102 valence electrons. The monoisotopic (exact) mass is 256 g/mol. The lowest BCUT2D eigenvalue weighted by Gasteiger charge is -2.31. The van der Waals surface area contributed by atoms with Gasteiger partial charge in [0.05, 0.1) is 12.0 Å². The average molecular weight is 256 g/mol. The van der Waals surface area contributed by atoms with Crippen LogP contribution < -0.4 is 5.32 Å². The molecular weight excluding hydrogens is 236 g/mol. The summed E-state index contributed by atoms with van der Waals surface area (Å²) in [4.78, 5) is 24.6. The Morgan fingerprint density at radius 2 is 1.94 bits per heavy atom. The zero-order chi connectivity index (χ0) is 13.1. The summed E-state index contributed by atoms with van der Waals surface area (Å²) in [7, 11) is 0. The van der Waals surface area contributed by atoms with Gasteiger partial charge in [-0.3, -0.25) is 4.79 Å². The number of β-amino-alcohol motifs (C(OH)–C–C–N with tert-alkyl or cyclic N) is 1. The van der Waals surface area contributed by atoms with Crippen LogP contribution in [-0.2, 0) is 4.79 Å². The Labute approximate surface area is 106 Å². The van der Waals surface area contributed by atoms with E-state index >= 15 is 0 Å². The van der Waals surface area contributed by atoms with Crippen molar-refractivity contribution in [3.63, 3.8) is 0 Å². The minimum absolute atomic E-state index is 0.244. The Bertz CT molecular complexity index is 334. The molecule has 0 aromatic rings. The molecule has 3 unspecified atom stereocenters. The summed E-state index contributed by atoms with van der Waals surface area (Å²) in [5, 5.41) is 21.4. The number of rotatable bonds is 2. The van der Waals surface area contributed by atoms with Gasteiger partial charge in [0, 0.05) is 19.1 Å². The molecule has 0 aromatic heterocycles. The smallest absolute Gasteiger partial charge is 0.317 e. The van der Waals surface area contributed by atoms with E-state index in [2.05, 4.69) is 5.32 Å². The minimum Gasteiger partial charge on any atom is -0.481 e. The van der Waals surface area contributed by atoms with Crippen molar-refractivity contribution >= 4 is 12.0 Å². The third-order valence-electron chi connectivity index (χ3n) is 3.83. The highest BCUT2D eigenvalue weighted by atomic mass is 16.4. The number of urea groups is 1. The molecule has 1 aliphatic heterocycles. The SMILES string of the molecule is O=C(O)C1CCCC1NC(=O)N1CCCC(O)C1. The van der Waals surface area contributed by atoms with Crippen LogP contribution in [-0.4, -0.2) is 52.3 Å². The summed E-state index contributed by atoms with van der Waals surface area (Å²) in [5.41, 5.74) is 0. The molecule has 2 aliphatic rings. The van der Waals surface area contributed by atoms with Crippen LogP contribution in [0.1, 0.15) is 32.1 Å². The highest BCUT2D eigenvalue weighted by molar-refractivity contribution is 5.77. The van der Waals surface area contributed by atoms with Crippen molar-refractivity contribution in [2.75, 3.05) is 13.1 Å². The molecule has 3 atom stereocenters. The maximum Gasteiger partial charge on any atom is 0.317 e. The maximum absolute atomic E-state index is 12.0. The Hall–Kier alpha value is -1.30. The number of hydrogen-bond donors (Lipinski definition) is 3. The molecule has 3 N–H and O–H groups in total. The fraction of sp³-hybridized carbons (Fsp3) is 0.833. The van der Waals surface area contributed by atoms with Crippen LogP contribution in [0, 0.1) is 5.92 Å². The van der Waals surface area contributed by atoms with E-state index in [-0.39, 0.29) is 12.1 Å². The first kappa shape index (κ1) is 13.1. The number of aliphatic hydroxyl groups is 1. The first-order chi connectivity index (χ1) is 8.58. The van der Waals surface area contributed by atoms with Gasteiger partial charge in [0.2, 0.25) is 0 Å². The largest absolute Gasteiger partial charge is 0.481 e. The van der Waals surface area contributed by atoms with E-state index < -0.39 is 18.0 Å². The number of nitrogens with zero attached hydrogens (tertiary/aromatic N) is 1. The number of likely N-dealkylation sites (tertiary alicyclic amines) is 1. The van der Waals surface area contributed by atoms with Gasteiger partial charge in [0.25, 0.3) is 0 Å². The standard InChI is InChI=1S/C12H20N2O4/c15-8-3-2-6-14(7-8)12(18)13-10-5-1-4-9(10)11(16)17/h8-10,15H,1-7H2,(H,13,18)(H,16,17). The van der Waals surface area contributed by atoms with E-state index in [0.29, 0.717) is 19.5 Å². The molecule has 0 radical (unpaired) electrons. The summed E-state index contributed by atoms with van der Waals surface area (Å²) < 4.78 is 0. The molecule has 1 aliphatic carbocycles. The highest BCUT2D eigenvalue weighted by Gasteiger charge is 2.35. The van der Waals surface area contributed by atoms with Gasteiger partial charge in [-0.25, -0.2) is 4.79 Å². The third kappa shape index (κ3) is 2.93. The van der Waals surface area contributed by atoms with Crippen molar-refractivity contribution in [2.45, 2.75) is 44.2 Å². The normalized spacial score (nSPS) is 32.3. The number of amides is 2. The van der Waals surface area contributed by atoms with Crippen molar-refractivity contribution in [3.05, 3.63) is 0 Å².